The molecule has 1 nitrogen and oxygen atoms in total. The van der Waals surface area contributed by atoms with Crippen molar-refractivity contribution >= 4 is 0 Å². The summed E-state index contributed by atoms with van der Waals surface area (Å²) >= 11 is 0. The van der Waals surface area contributed by atoms with Crippen molar-refractivity contribution in [1.29, 1.82) is 0 Å². The number of hydrogen-bond donors (Lipinski definition) is 1. The fourth-order valence-corrected chi connectivity index (χ4v) is 2.03. The van der Waals surface area contributed by atoms with Gasteiger partial charge < -0.3 is 5.32 Å². The normalized spacial score (nSPS) is 31.6. The molecule has 1 N–H and O–H groups in total. The lowest BCUT2D eigenvalue weighted by Crippen LogP contribution is -2.47. The lowest BCUT2D eigenvalue weighted by molar-refractivity contribution is 0.295. The summed E-state index contributed by atoms with van der Waals surface area (Å²) in [5.74, 6) is 0.660. The molecule has 1 unspecified atom stereocenters. The molecule has 0 aromatic rings. The first-order valence-electron chi connectivity index (χ1n) is 5.10. The van der Waals surface area contributed by atoms with E-state index in [4.69, 9.17) is 0 Å². The van der Waals surface area contributed by atoms with Gasteiger partial charge in [0.25, 0.3) is 0 Å². The molecule has 0 radical (unpaired) electrons. The fourth-order valence-electron chi connectivity index (χ4n) is 2.03. The van der Waals surface area contributed by atoms with E-state index in [2.05, 4.69) is 31.8 Å². The zero-order valence-corrected chi connectivity index (χ0v) is 8.40. The first kappa shape index (κ1) is 9.79. The van der Waals surface area contributed by atoms with E-state index in [-0.39, 0.29) is 5.54 Å². The van der Waals surface area contributed by atoms with Gasteiger partial charge in [0, 0.05) is 5.54 Å². The van der Waals surface area contributed by atoms with Crippen LogP contribution >= 0.6 is 0 Å². The fraction of sp³-hybridized carbons (Fsp3) is 0.818. The minimum atomic E-state index is 0.219. The van der Waals surface area contributed by atoms with E-state index in [1.165, 1.54) is 25.7 Å². The molecule has 0 bridgehead atoms. The Morgan fingerprint density at radius 2 is 2.08 bits per heavy atom. The summed E-state index contributed by atoms with van der Waals surface area (Å²) in [6.07, 6.45) is 7.41. The highest BCUT2D eigenvalue weighted by Gasteiger charge is 2.30. The van der Waals surface area contributed by atoms with Crippen LogP contribution in [-0.4, -0.2) is 12.1 Å². The summed E-state index contributed by atoms with van der Waals surface area (Å²) in [4.78, 5) is 0. The van der Waals surface area contributed by atoms with Crippen molar-refractivity contribution in [2.75, 3.05) is 6.54 Å². The minimum Gasteiger partial charge on any atom is -0.308 e. The Bertz CT molecular complexity index is 141. The van der Waals surface area contributed by atoms with Gasteiger partial charge >= 0.3 is 0 Å². The summed E-state index contributed by atoms with van der Waals surface area (Å²) < 4.78 is 0. The smallest absolute Gasteiger partial charge is 0.0384 e. The van der Waals surface area contributed by atoms with Crippen molar-refractivity contribution in [1.82, 2.24) is 5.32 Å². The van der Waals surface area contributed by atoms with Gasteiger partial charge in [-0.3, -0.25) is 0 Å². The average molecular weight is 167 g/mol. The zero-order valence-electron chi connectivity index (χ0n) is 8.40. The molecule has 0 aromatic carbocycles. The minimum absolute atomic E-state index is 0.219. The zero-order chi connectivity index (χ0) is 9.03. The molecule has 1 atom stereocenters. The second-order valence-corrected chi connectivity index (χ2v) is 4.14. The number of hydrogen-bond acceptors (Lipinski definition) is 1. The summed E-state index contributed by atoms with van der Waals surface area (Å²) in [6, 6.07) is 0. The molecule has 12 heavy (non-hydrogen) atoms. The maximum absolute atomic E-state index is 3.96. The van der Waals surface area contributed by atoms with E-state index in [9.17, 15) is 0 Å². The van der Waals surface area contributed by atoms with Gasteiger partial charge in [-0.25, -0.2) is 0 Å². The molecule has 0 amide bonds. The molecular formula is C11H21N. The molecule has 1 saturated heterocycles. The Labute approximate surface area is 76.2 Å². The number of nitrogens with one attached hydrogen (secondary N) is 1. The maximum atomic E-state index is 3.96. The van der Waals surface area contributed by atoms with E-state index >= 15 is 0 Å². The number of rotatable bonds is 2. The second-order valence-electron chi connectivity index (χ2n) is 4.14. The van der Waals surface area contributed by atoms with Gasteiger partial charge in [0.05, 0.1) is 0 Å². The van der Waals surface area contributed by atoms with Crippen molar-refractivity contribution in [2.24, 2.45) is 5.92 Å². The van der Waals surface area contributed by atoms with E-state index in [1.807, 2.05) is 0 Å². The molecule has 1 heterocycles. The predicted molar refractivity (Wildman–Crippen MR) is 54.2 cm³/mol. The van der Waals surface area contributed by atoms with Gasteiger partial charge in [-0.05, 0) is 25.3 Å². The molecule has 1 aliphatic heterocycles. The first-order valence-corrected chi connectivity index (χ1v) is 5.10. The molecule has 1 aliphatic rings. The van der Waals surface area contributed by atoms with E-state index in [0.717, 1.165) is 6.54 Å². The third-order valence-corrected chi connectivity index (χ3v) is 3.12. The molecule has 1 heteroatoms. The van der Waals surface area contributed by atoms with Crippen LogP contribution in [0.3, 0.4) is 0 Å². The Kier molecular flexibility index (Phi) is 3.33. The quantitative estimate of drug-likeness (QED) is 0.624. The lowest BCUT2D eigenvalue weighted by atomic mass is 9.82. The Balaban J connectivity index is 2.67. The molecule has 0 aliphatic carbocycles. The molecule has 0 aromatic heterocycles. The van der Waals surface area contributed by atoms with Crippen LogP contribution in [0.15, 0.2) is 12.7 Å². The Morgan fingerprint density at radius 1 is 1.33 bits per heavy atom. The van der Waals surface area contributed by atoms with Gasteiger partial charge in [0.15, 0.2) is 0 Å². The Hall–Kier alpha value is -0.300. The molecule has 0 saturated carbocycles. The van der Waals surface area contributed by atoms with Crippen molar-refractivity contribution in [3.05, 3.63) is 12.7 Å². The maximum Gasteiger partial charge on any atom is 0.0384 e. The third kappa shape index (κ3) is 1.89. The summed E-state index contributed by atoms with van der Waals surface area (Å²) in [6.45, 7) is 9.67. The monoisotopic (exact) mass is 167 g/mol. The molecule has 1 rings (SSSR count). The molecule has 1 fully saturated rings. The lowest BCUT2D eigenvalue weighted by Gasteiger charge is -2.34. The summed E-state index contributed by atoms with van der Waals surface area (Å²) in [7, 11) is 0. The average Bonchev–Trinajstić information content (AvgIpc) is 2.29. The van der Waals surface area contributed by atoms with Crippen LogP contribution in [0.25, 0.3) is 0 Å². The molecular weight excluding hydrogens is 146 g/mol. The van der Waals surface area contributed by atoms with Gasteiger partial charge in [-0.15, -0.1) is 6.58 Å². The predicted octanol–water partition coefficient (Wildman–Crippen LogP) is 2.73. The van der Waals surface area contributed by atoms with E-state index in [0.29, 0.717) is 5.92 Å². The first-order chi connectivity index (χ1) is 5.71. The largest absolute Gasteiger partial charge is 0.308 e. The van der Waals surface area contributed by atoms with Crippen molar-refractivity contribution in [2.45, 2.75) is 45.1 Å². The van der Waals surface area contributed by atoms with Crippen LogP contribution in [0.2, 0.25) is 0 Å². The van der Waals surface area contributed by atoms with Gasteiger partial charge in [-0.2, -0.15) is 0 Å². The highest BCUT2D eigenvalue weighted by Crippen LogP contribution is 2.27. The standard InChI is InChI=1S/C11H21N/c1-4-11(10(2)3)8-6-5-7-9-12-11/h4,10,12H,1,5-9H2,2-3H3. The van der Waals surface area contributed by atoms with Crippen LogP contribution < -0.4 is 5.32 Å². The van der Waals surface area contributed by atoms with E-state index < -0.39 is 0 Å². The summed E-state index contributed by atoms with van der Waals surface area (Å²) in [5.41, 5.74) is 0.219. The van der Waals surface area contributed by atoms with Gasteiger partial charge in [0.1, 0.15) is 0 Å². The topological polar surface area (TPSA) is 12.0 Å². The van der Waals surface area contributed by atoms with Crippen LogP contribution in [0.1, 0.15) is 39.5 Å². The van der Waals surface area contributed by atoms with Crippen LogP contribution in [0.4, 0.5) is 0 Å². The van der Waals surface area contributed by atoms with Crippen LogP contribution in [0, 0.1) is 5.92 Å². The molecule has 70 valence electrons. The second kappa shape index (κ2) is 4.08. The van der Waals surface area contributed by atoms with Crippen LogP contribution in [-0.2, 0) is 0 Å². The van der Waals surface area contributed by atoms with Crippen molar-refractivity contribution in [3.8, 4) is 0 Å². The highest BCUT2D eigenvalue weighted by atomic mass is 15.0. The van der Waals surface area contributed by atoms with Crippen LogP contribution in [0.5, 0.6) is 0 Å². The van der Waals surface area contributed by atoms with Crippen molar-refractivity contribution in [3.63, 3.8) is 0 Å². The Morgan fingerprint density at radius 3 is 2.67 bits per heavy atom. The summed E-state index contributed by atoms with van der Waals surface area (Å²) in [5, 5.41) is 3.63. The van der Waals surface area contributed by atoms with E-state index in [1.54, 1.807) is 0 Å². The highest BCUT2D eigenvalue weighted by molar-refractivity contribution is 5.05. The van der Waals surface area contributed by atoms with Gasteiger partial charge in [0.2, 0.25) is 0 Å². The van der Waals surface area contributed by atoms with Crippen molar-refractivity contribution < 1.29 is 0 Å². The van der Waals surface area contributed by atoms with Gasteiger partial charge in [-0.1, -0.05) is 32.8 Å². The SMILES string of the molecule is C=CC1(C(C)C)CCCCCN1. The third-order valence-electron chi connectivity index (χ3n) is 3.12. The molecule has 0 spiro atoms.